The molecule has 7 rings (SSSR count). The van der Waals surface area contributed by atoms with Crippen molar-refractivity contribution in [2.45, 2.75) is 38.9 Å². The first-order valence-corrected chi connectivity index (χ1v) is 12.5. The summed E-state index contributed by atoms with van der Waals surface area (Å²) in [6.45, 7) is 8.38. The van der Waals surface area contributed by atoms with Crippen LogP contribution in [0.25, 0.3) is 54.6 Å². The molecule has 4 heteroatoms. The average Bonchev–Trinajstić information content (AvgIpc) is 3.35. The first kappa shape index (κ1) is 21.7. The van der Waals surface area contributed by atoms with Gasteiger partial charge in [0, 0.05) is 10.8 Å². The van der Waals surface area contributed by atoms with E-state index in [1.165, 1.54) is 21.5 Å². The largest absolute Gasteiger partial charge is 0.494 e. The summed E-state index contributed by atoms with van der Waals surface area (Å²) in [5.41, 5.74) is 4.29. The van der Waals surface area contributed by atoms with Gasteiger partial charge in [-0.05, 0) is 84.0 Å². The Balaban J connectivity index is 1.50. The fourth-order valence-electron chi connectivity index (χ4n) is 5.41. The zero-order valence-corrected chi connectivity index (χ0v) is 21.0. The molecule has 1 saturated heterocycles. The van der Waals surface area contributed by atoms with Gasteiger partial charge in [0.15, 0.2) is 0 Å². The van der Waals surface area contributed by atoms with Crippen LogP contribution in [-0.4, -0.2) is 18.3 Å². The monoisotopic (exact) mass is 470 g/mol. The van der Waals surface area contributed by atoms with Crippen molar-refractivity contribution < 1.29 is 13.7 Å². The third-order valence-corrected chi connectivity index (χ3v) is 8.08. The Morgan fingerprint density at radius 2 is 1.25 bits per heavy atom. The van der Waals surface area contributed by atoms with Gasteiger partial charge in [-0.25, -0.2) is 0 Å². The zero-order valence-electron chi connectivity index (χ0n) is 21.0. The van der Waals surface area contributed by atoms with Crippen LogP contribution in [-0.2, 0) is 9.31 Å². The van der Waals surface area contributed by atoms with Gasteiger partial charge < -0.3 is 13.7 Å². The molecule has 0 saturated carbocycles. The molecule has 1 aromatic heterocycles. The Morgan fingerprint density at radius 1 is 0.583 bits per heavy atom. The van der Waals surface area contributed by atoms with Crippen LogP contribution in [0.5, 0.6) is 0 Å². The fourth-order valence-corrected chi connectivity index (χ4v) is 5.41. The lowest BCUT2D eigenvalue weighted by atomic mass is 9.76. The lowest BCUT2D eigenvalue weighted by Crippen LogP contribution is -2.41. The fraction of sp³-hybridized carbons (Fsp3) is 0.188. The Labute approximate surface area is 210 Å². The van der Waals surface area contributed by atoms with Gasteiger partial charge in [-0.2, -0.15) is 0 Å². The van der Waals surface area contributed by atoms with E-state index in [0.29, 0.717) is 0 Å². The van der Waals surface area contributed by atoms with Crippen molar-refractivity contribution in [3.63, 3.8) is 0 Å². The van der Waals surface area contributed by atoms with Crippen LogP contribution in [0.1, 0.15) is 27.7 Å². The van der Waals surface area contributed by atoms with Gasteiger partial charge in [-0.3, -0.25) is 0 Å². The second-order valence-electron chi connectivity index (χ2n) is 10.9. The van der Waals surface area contributed by atoms with Crippen LogP contribution in [0.2, 0.25) is 0 Å². The van der Waals surface area contributed by atoms with Gasteiger partial charge in [0.25, 0.3) is 0 Å². The summed E-state index contributed by atoms with van der Waals surface area (Å²) < 4.78 is 19.1. The number of fused-ring (bicyclic) bond motifs is 6. The molecule has 3 nitrogen and oxygen atoms in total. The van der Waals surface area contributed by atoms with E-state index >= 15 is 0 Å². The molecule has 1 fully saturated rings. The third kappa shape index (κ3) is 3.15. The number of para-hydroxylation sites is 1. The smallest absolute Gasteiger partial charge is 0.456 e. The molecule has 0 bridgehead atoms. The maximum atomic E-state index is 6.45. The summed E-state index contributed by atoms with van der Waals surface area (Å²) in [5.74, 6) is 0. The van der Waals surface area contributed by atoms with Gasteiger partial charge >= 0.3 is 7.12 Å². The quantitative estimate of drug-likeness (QED) is 0.191. The standard InChI is InChI=1S/C32H27BO3/c1-31(2)32(3,4)36-33(35-31)23-17-22-14-13-20-9-5-6-10-24(20)30(22)27(19-23)21-15-16-26-25-11-7-8-12-28(25)34-29(26)18-21/h5-19H,1-4H3. The molecule has 0 unspecified atom stereocenters. The predicted molar refractivity (Wildman–Crippen MR) is 150 cm³/mol. The van der Waals surface area contributed by atoms with Crippen molar-refractivity contribution in [1.29, 1.82) is 0 Å². The number of furan rings is 1. The zero-order chi connectivity index (χ0) is 24.7. The van der Waals surface area contributed by atoms with Gasteiger partial charge in [-0.15, -0.1) is 0 Å². The molecular formula is C32H27BO3. The highest BCUT2D eigenvalue weighted by Gasteiger charge is 2.51. The van der Waals surface area contributed by atoms with Crippen LogP contribution in [0, 0.1) is 0 Å². The lowest BCUT2D eigenvalue weighted by Gasteiger charge is -2.32. The van der Waals surface area contributed by atoms with Crippen molar-refractivity contribution in [3.05, 3.63) is 91.0 Å². The van der Waals surface area contributed by atoms with Crippen LogP contribution >= 0.6 is 0 Å². The molecule has 1 aliphatic rings. The minimum atomic E-state index is -0.431. The van der Waals surface area contributed by atoms with Gasteiger partial charge in [0.05, 0.1) is 11.2 Å². The normalized spacial score (nSPS) is 17.1. The molecule has 2 heterocycles. The van der Waals surface area contributed by atoms with Gasteiger partial charge in [-0.1, -0.05) is 72.8 Å². The third-order valence-electron chi connectivity index (χ3n) is 8.08. The highest BCUT2D eigenvalue weighted by Crippen LogP contribution is 2.40. The minimum Gasteiger partial charge on any atom is -0.456 e. The SMILES string of the molecule is CC1(C)OB(c2cc(-c3ccc4c(c3)oc3ccccc34)c3c(ccc4ccccc43)c2)OC1(C)C. The summed E-state index contributed by atoms with van der Waals surface area (Å²) in [6.07, 6.45) is 0. The first-order chi connectivity index (χ1) is 17.3. The molecule has 0 radical (unpaired) electrons. The maximum absolute atomic E-state index is 6.45. The Hall–Kier alpha value is -3.60. The Bertz CT molecular complexity index is 1800. The number of hydrogen-bond acceptors (Lipinski definition) is 3. The van der Waals surface area contributed by atoms with Gasteiger partial charge in [0.1, 0.15) is 11.2 Å². The molecule has 0 atom stereocenters. The van der Waals surface area contributed by atoms with Gasteiger partial charge in [0.2, 0.25) is 0 Å². The van der Waals surface area contributed by atoms with E-state index in [1.54, 1.807) is 0 Å². The molecule has 1 aliphatic heterocycles. The molecule has 0 aliphatic carbocycles. The number of hydrogen-bond donors (Lipinski definition) is 0. The van der Waals surface area contributed by atoms with E-state index in [0.717, 1.165) is 38.5 Å². The lowest BCUT2D eigenvalue weighted by molar-refractivity contribution is 0.00578. The molecule has 0 amide bonds. The van der Waals surface area contributed by atoms with Crippen molar-refractivity contribution in [2.75, 3.05) is 0 Å². The molecule has 36 heavy (non-hydrogen) atoms. The second kappa shape index (κ2) is 7.46. The summed E-state index contributed by atoms with van der Waals surface area (Å²) in [6, 6.07) is 32.2. The molecular weight excluding hydrogens is 443 g/mol. The van der Waals surface area contributed by atoms with Crippen molar-refractivity contribution in [2.24, 2.45) is 0 Å². The van der Waals surface area contributed by atoms with E-state index in [-0.39, 0.29) is 0 Å². The average molecular weight is 470 g/mol. The van der Waals surface area contributed by atoms with Crippen LogP contribution in [0.15, 0.2) is 95.4 Å². The topological polar surface area (TPSA) is 31.6 Å². The number of benzene rings is 5. The van der Waals surface area contributed by atoms with E-state index in [1.807, 2.05) is 12.1 Å². The molecule has 6 aromatic rings. The van der Waals surface area contributed by atoms with Crippen molar-refractivity contribution in [1.82, 2.24) is 0 Å². The van der Waals surface area contributed by atoms with E-state index in [9.17, 15) is 0 Å². The van der Waals surface area contributed by atoms with Crippen molar-refractivity contribution in [3.8, 4) is 11.1 Å². The number of rotatable bonds is 2. The summed E-state index contributed by atoms with van der Waals surface area (Å²) in [7, 11) is -0.431. The van der Waals surface area contributed by atoms with Crippen molar-refractivity contribution >= 4 is 56.1 Å². The summed E-state index contributed by atoms with van der Waals surface area (Å²) >= 11 is 0. The molecule has 0 N–H and O–H groups in total. The van der Waals surface area contributed by atoms with Crippen LogP contribution < -0.4 is 5.46 Å². The van der Waals surface area contributed by atoms with E-state index in [2.05, 4.69) is 107 Å². The second-order valence-corrected chi connectivity index (χ2v) is 10.9. The first-order valence-electron chi connectivity index (χ1n) is 12.5. The molecule has 5 aromatic carbocycles. The summed E-state index contributed by atoms with van der Waals surface area (Å²) in [5, 5.41) is 7.12. The highest BCUT2D eigenvalue weighted by molar-refractivity contribution is 6.62. The van der Waals surface area contributed by atoms with E-state index < -0.39 is 18.3 Å². The molecule has 176 valence electrons. The summed E-state index contributed by atoms with van der Waals surface area (Å²) in [4.78, 5) is 0. The highest BCUT2D eigenvalue weighted by atomic mass is 16.7. The van der Waals surface area contributed by atoms with E-state index in [4.69, 9.17) is 13.7 Å². The predicted octanol–water partition coefficient (Wildman–Crippen LogP) is 7.86. The van der Waals surface area contributed by atoms with Crippen LogP contribution in [0.4, 0.5) is 0 Å². The Morgan fingerprint density at radius 3 is 2.06 bits per heavy atom. The Kier molecular flexibility index (Phi) is 4.49. The van der Waals surface area contributed by atoms with Crippen LogP contribution in [0.3, 0.4) is 0 Å². The maximum Gasteiger partial charge on any atom is 0.494 e. The minimum absolute atomic E-state index is 0.399. The molecule has 0 spiro atoms.